The zero-order valence-corrected chi connectivity index (χ0v) is 17.9. The van der Waals surface area contributed by atoms with Gasteiger partial charge < -0.3 is 10.1 Å². The van der Waals surface area contributed by atoms with Crippen LogP contribution in [0.1, 0.15) is 16.8 Å². The van der Waals surface area contributed by atoms with Crippen LogP contribution in [0.15, 0.2) is 64.6 Å². The third kappa shape index (κ3) is 4.10. The lowest BCUT2D eigenvalue weighted by Gasteiger charge is -2.24. The number of halogens is 1. The van der Waals surface area contributed by atoms with Gasteiger partial charge in [0, 0.05) is 6.20 Å². The molecule has 1 aliphatic heterocycles. The van der Waals surface area contributed by atoms with Gasteiger partial charge in [-0.25, -0.2) is 18.1 Å². The summed E-state index contributed by atoms with van der Waals surface area (Å²) in [6.07, 6.45) is 1.60. The van der Waals surface area contributed by atoms with Gasteiger partial charge in [-0.15, -0.1) is 0 Å². The highest BCUT2D eigenvalue weighted by atomic mass is 35.5. The molecule has 0 fully saturated rings. The number of anilines is 1. The number of ether oxygens (including phenoxy) is 1. The molecule has 0 radical (unpaired) electrons. The Kier molecular flexibility index (Phi) is 5.36. The summed E-state index contributed by atoms with van der Waals surface area (Å²) < 4.78 is 34.2. The van der Waals surface area contributed by atoms with Gasteiger partial charge in [-0.1, -0.05) is 29.8 Å². The first kappa shape index (κ1) is 20.2. The molecule has 154 valence electrons. The molecule has 0 spiro atoms. The Morgan fingerprint density at radius 1 is 1.10 bits per heavy atom. The third-order valence-electron chi connectivity index (χ3n) is 4.51. The van der Waals surface area contributed by atoms with E-state index in [0.717, 1.165) is 11.1 Å². The number of fused-ring (bicyclic) bond motifs is 1. The third-order valence-corrected chi connectivity index (χ3v) is 6.22. The second kappa shape index (κ2) is 7.97. The molecule has 0 aliphatic carbocycles. The Bertz CT molecular complexity index is 1260. The van der Waals surface area contributed by atoms with Gasteiger partial charge in [0.25, 0.3) is 10.0 Å². The highest BCUT2D eigenvalue weighted by molar-refractivity contribution is 7.90. The minimum Gasteiger partial charge on any atom is -0.455 e. The van der Waals surface area contributed by atoms with E-state index in [-0.39, 0.29) is 17.4 Å². The monoisotopic (exact) mass is 442 g/mol. The predicted octanol–water partition coefficient (Wildman–Crippen LogP) is 4.40. The number of aryl methyl sites for hydroxylation is 2. The minimum absolute atomic E-state index is 0.0720. The van der Waals surface area contributed by atoms with Crippen LogP contribution in [0, 0.1) is 13.8 Å². The molecule has 30 heavy (non-hydrogen) atoms. The van der Waals surface area contributed by atoms with Crippen LogP contribution < -0.4 is 14.8 Å². The fourth-order valence-electron chi connectivity index (χ4n) is 3.01. The van der Waals surface area contributed by atoms with Gasteiger partial charge in [0.05, 0.1) is 17.3 Å². The quantitative estimate of drug-likeness (QED) is 0.624. The van der Waals surface area contributed by atoms with E-state index in [0.29, 0.717) is 27.9 Å². The van der Waals surface area contributed by atoms with Gasteiger partial charge in [0.2, 0.25) is 5.96 Å². The summed E-state index contributed by atoms with van der Waals surface area (Å²) in [6.45, 7) is 3.85. The maximum Gasteiger partial charge on any atom is 0.266 e. The van der Waals surface area contributed by atoms with Crippen molar-refractivity contribution in [2.45, 2.75) is 25.3 Å². The topological polar surface area (TPSA) is 92.7 Å². The van der Waals surface area contributed by atoms with Crippen molar-refractivity contribution in [2.75, 3.05) is 5.32 Å². The smallest absolute Gasteiger partial charge is 0.266 e. The summed E-state index contributed by atoms with van der Waals surface area (Å²) in [5, 5.41) is 3.50. The Morgan fingerprint density at radius 2 is 1.90 bits per heavy atom. The first-order chi connectivity index (χ1) is 14.3. The van der Waals surface area contributed by atoms with Crippen LogP contribution in [0.2, 0.25) is 5.02 Å². The molecule has 1 aliphatic rings. The lowest BCUT2D eigenvalue weighted by atomic mass is 10.2. The Morgan fingerprint density at radius 3 is 2.67 bits per heavy atom. The summed E-state index contributed by atoms with van der Waals surface area (Å²) in [7, 11) is -3.83. The number of pyridine rings is 1. The molecule has 1 aromatic heterocycles. The maximum absolute atomic E-state index is 12.9. The van der Waals surface area contributed by atoms with E-state index < -0.39 is 10.0 Å². The van der Waals surface area contributed by atoms with E-state index in [1.807, 2.05) is 38.1 Å². The first-order valence-corrected chi connectivity index (χ1v) is 11.0. The Hall–Kier alpha value is -3.10. The van der Waals surface area contributed by atoms with Crippen LogP contribution in [-0.4, -0.2) is 19.4 Å². The fraction of sp³-hybridized carbons (Fsp3) is 0.143. The lowest BCUT2D eigenvalue weighted by Crippen LogP contribution is -2.41. The second-order valence-electron chi connectivity index (χ2n) is 6.83. The first-order valence-electron chi connectivity index (χ1n) is 9.15. The molecule has 3 aromatic rings. The van der Waals surface area contributed by atoms with Crippen molar-refractivity contribution in [3.05, 3.63) is 76.6 Å². The Labute approximate surface area is 179 Å². The van der Waals surface area contributed by atoms with E-state index in [4.69, 9.17) is 16.3 Å². The van der Waals surface area contributed by atoms with Gasteiger partial charge in [-0.2, -0.15) is 0 Å². The summed E-state index contributed by atoms with van der Waals surface area (Å²) in [5.41, 5.74) is 2.56. The molecule has 4 rings (SSSR count). The SMILES string of the molecule is Cc1cc(Oc2ccccc2C)c2c(c1)S(=O)(=O)NC(=NCc1ncccc1Cl)N2. The number of rotatable bonds is 4. The molecular weight excluding hydrogens is 424 g/mol. The van der Waals surface area contributed by atoms with Crippen molar-refractivity contribution in [3.8, 4) is 11.5 Å². The normalized spacial score (nSPS) is 15.8. The second-order valence-corrected chi connectivity index (χ2v) is 8.89. The molecule has 0 atom stereocenters. The van der Waals surface area contributed by atoms with Crippen LogP contribution in [0.4, 0.5) is 5.69 Å². The molecule has 0 saturated carbocycles. The van der Waals surface area contributed by atoms with E-state index in [9.17, 15) is 8.42 Å². The molecule has 0 bridgehead atoms. The molecule has 0 saturated heterocycles. The zero-order valence-electron chi connectivity index (χ0n) is 16.3. The van der Waals surface area contributed by atoms with E-state index >= 15 is 0 Å². The molecule has 2 heterocycles. The number of para-hydroxylation sites is 1. The molecule has 2 aromatic carbocycles. The standard InChI is InChI=1S/C21H19ClN4O3S/c1-13-10-18(29-17-8-4-3-6-14(17)2)20-19(11-13)30(27,28)26-21(25-20)24-12-16-15(22)7-5-9-23-16/h3-11H,12H2,1-2H3,(H2,24,25,26). The summed E-state index contributed by atoms with van der Waals surface area (Å²) in [4.78, 5) is 8.58. The highest BCUT2D eigenvalue weighted by Gasteiger charge is 2.30. The predicted molar refractivity (Wildman–Crippen MR) is 117 cm³/mol. The number of hydrogen-bond acceptors (Lipinski definition) is 5. The number of guanidine groups is 1. The number of aromatic nitrogens is 1. The average molecular weight is 443 g/mol. The summed E-state index contributed by atoms with van der Waals surface area (Å²) >= 11 is 6.12. The zero-order chi connectivity index (χ0) is 21.3. The van der Waals surface area contributed by atoms with Gasteiger partial charge >= 0.3 is 0 Å². The van der Waals surface area contributed by atoms with Gasteiger partial charge in [-0.3, -0.25) is 4.98 Å². The number of aliphatic imine (C=N–C) groups is 1. The van der Waals surface area contributed by atoms with Crippen molar-refractivity contribution < 1.29 is 13.2 Å². The van der Waals surface area contributed by atoms with Crippen molar-refractivity contribution in [1.82, 2.24) is 9.71 Å². The van der Waals surface area contributed by atoms with Crippen molar-refractivity contribution in [1.29, 1.82) is 0 Å². The molecular formula is C21H19ClN4O3S. The van der Waals surface area contributed by atoms with Crippen LogP contribution in [0.25, 0.3) is 0 Å². The van der Waals surface area contributed by atoms with Crippen molar-refractivity contribution >= 4 is 33.3 Å². The van der Waals surface area contributed by atoms with Gasteiger partial charge in [-0.05, 0) is 55.3 Å². The van der Waals surface area contributed by atoms with Gasteiger partial charge in [0.1, 0.15) is 16.3 Å². The maximum atomic E-state index is 12.9. The number of nitrogens with zero attached hydrogens (tertiary/aromatic N) is 2. The van der Waals surface area contributed by atoms with Crippen molar-refractivity contribution in [2.24, 2.45) is 4.99 Å². The van der Waals surface area contributed by atoms with Crippen LogP contribution >= 0.6 is 11.6 Å². The number of hydrogen-bond donors (Lipinski definition) is 2. The van der Waals surface area contributed by atoms with E-state index in [2.05, 4.69) is 20.0 Å². The largest absolute Gasteiger partial charge is 0.455 e. The summed E-state index contributed by atoms with van der Waals surface area (Å²) in [6, 6.07) is 14.3. The van der Waals surface area contributed by atoms with E-state index in [1.165, 1.54) is 0 Å². The number of benzene rings is 2. The number of nitrogens with one attached hydrogen (secondary N) is 2. The molecule has 0 unspecified atom stereocenters. The molecule has 7 nitrogen and oxygen atoms in total. The number of sulfonamides is 1. The molecule has 2 N–H and O–H groups in total. The van der Waals surface area contributed by atoms with Crippen LogP contribution in [-0.2, 0) is 16.6 Å². The van der Waals surface area contributed by atoms with Crippen molar-refractivity contribution in [3.63, 3.8) is 0 Å². The minimum atomic E-state index is -3.83. The van der Waals surface area contributed by atoms with Gasteiger partial charge in [0.15, 0.2) is 5.75 Å². The molecule has 0 amide bonds. The average Bonchev–Trinajstić information content (AvgIpc) is 2.69. The highest BCUT2D eigenvalue weighted by Crippen LogP contribution is 2.38. The van der Waals surface area contributed by atoms with Crippen LogP contribution in [0.5, 0.6) is 11.5 Å². The summed E-state index contributed by atoms with van der Waals surface area (Å²) in [5.74, 6) is 1.11. The van der Waals surface area contributed by atoms with E-state index in [1.54, 1.807) is 30.5 Å². The lowest BCUT2D eigenvalue weighted by molar-refractivity contribution is 0.479. The molecule has 9 heteroatoms. The Balaban J connectivity index is 1.73. The van der Waals surface area contributed by atoms with Crippen LogP contribution in [0.3, 0.4) is 0 Å². The fourth-order valence-corrected chi connectivity index (χ4v) is 4.44.